The molecular weight excluding hydrogens is 246 g/mol. The highest BCUT2D eigenvalue weighted by Gasteiger charge is 2.13. The number of aliphatic carboxylic acids is 1. The monoisotopic (exact) mass is 261 g/mol. The van der Waals surface area contributed by atoms with E-state index in [2.05, 4.69) is 10.1 Å². The van der Waals surface area contributed by atoms with Crippen LogP contribution in [0.15, 0.2) is 28.8 Å². The lowest BCUT2D eigenvalue weighted by Gasteiger charge is -2.10. The Labute approximate surface area is 110 Å². The molecule has 1 N–H and O–H groups in total. The van der Waals surface area contributed by atoms with Crippen molar-refractivity contribution >= 4 is 12.0 Å². The smallest absolute Gasteiger partial charge is 0.324 e. The maximum atomic E-state index is 10.5. The van der Waals surface area contributed by atoms with Crippen molar-refractivity contribution in [3.05, 3.63) is 29.8 Å². The van der Waals surface area contributed by atoms with Gasteiger partial charge in [0.1, 0.15) is 0 Å². The summed E-state index contributed by atoms with van der Waals surface area (Å²) in [5.41, 5.74) is 2.03. The van der Waals surface area contributed by atoms with Gasteiger partial charge in [-0.25, -0.2) is 0 Å². The van der Waals surface area contributed by atoms with Gasteiger partial charge in [0.25, 0.3) is 0 Å². The van der Waals surface area contributed by atoms with Gasteiger partial charge in [-0.15, -0.1) is 0 Å². The Bertz CT molecular complexity index is 563. The fourth-order valence-corrected chi connectivity index (χ4v) is 1.55. The van der Waals surface area contributed by atoms with E-state index in [4.69, 9.17) is 9.63 Å². The summed E-state index contributed by atoms with van der Waals surface area (Å²) in [5.74, 6) is -0.359. The Balaban J connectivity index is 2.10. The fraction of sp³-hybridized carbons (Fsp3) is 0.308. The molecule has 100 valence electrons. The predicted octanol–water partition coefficient (Wildman–Crippen LogP) is 1.96. The third-order valence-corrected chi connectivity index (χ3v) is 2.71. The minimum atomic E-state index is -0.856. The highest BCUT2D eigenvalue weighted by molar-refractivity contribution is 5.67. The Morgan fingerprint density at radius 2 is 2.05 bits per heavy atom. The van der Waals surface area contributed by atoms with Crippen molar-refractivity contribution in [1.82, 2.24) is 10.1 Å². The van der Waals surface area contributed by atoms with Crippen LogP contribution in [0, 0.1) is 6.92 Å². The number of aromatic nitrogens is 2. The highest BCUT2D eigenvalue weighted by atomic mass is 16.5. The van der Waals surface area contributed by atoms with Crippen LogP contribution >= 0.6 is 0 Å². The summed E-state index contributed by atoms with van der Waals surface area (Å²) in [5, 5.41) is 12.5. The van der Waals surface area contributed by atoms with Gasteiger partial charge in [0.2, 0.25) is 5.82 Å². The second-order valence-corrected chi connectivity index (χ2v) is 4.33. The molecule has 2 aromatic rings. The fourth-order valence-electron chi connectivity index (χ4n) is 1.55. The predicted molar refractivity (Wildman–Crippen MR) is 70.0 cm³/mol. The molecule has 0 atom stereocenters. The summed E-state index contributed by atoms with van der Waals surface area (Å²) in [4.78, 5) is 16.4. The first-order chi connectivity index (χ1) is 9.06. The van der Waals surface area contributed by atoms with Crippen molar-refractivity contribution in [1.29, 1.82) is 0 Å². The van der Waals surface area contributed by atoms with E-state index in [1.165, 1.54) is 0 Å². The van der Waals surface area contributed by atoms with Gasteiger partial charge in [0.15, 0.2) is 0 Å². The second kappa shape index (κ2) is 5.51. The number of aryl methyl sites for hydroxylation is 1. The van der Waals surface area contributed by atoms with Crippen LogP contribution in [0.4, 0.5) is 6.01 Å². The zero-order valence-electron chi connectivity index (χ0n) is 10.8. The highest BCUT2D eigenvalue weighted by Crippen LogP contribution is 2.19. The lowest BCUT2D eigenvalue weighted by atomic mass is 10.1. The van der Waals surface area contributed by atoms with Crippen LogP contribution < -0.4 is 4.90 Å². The molecule has 0 radical (unpaired) electrons. The molecule has 0 bridgehead atoms. The van der Waals surface area contributed by atoms with E-state index < -0.39 is 5.97 Å². The summed E-state index contributed by atoms with van der Waals surface area (Å²) in [6.07, 6.45) is 0.0265. The Morgan fingerprint density at radius 3 is 2.68 bits per heavy atom. The maximum absolute atomic E-state index is 10.5. The van der Waals surface area contributed by atoms with Crippen LogP contribution in [-0.4, -0.2) is 34.8 Å². The van der Waals surface area contributed by atoms with Crippen molar-refractivity contribution in [2.24, 2.45) is 0 Å². The Morgan fingerprint density at radius 1 is 1.37 bits per heavy atom. The van der Waals surface area contributed by atoms with Gasteiger partial charge in [-0.2, -0.15) is 4.98 Å². The molecule has 0 fully saturated rings. The molecule has 0 saturated heterocycles. The summed E-state index contributed by atoms with van der Waals surface area (Å²) in [6.45, 7) is 2.33. The van der Waals surface area contributed by atoms with E-state index in [9.17, 15) is 4.79 Å². The first-order valence-corrected chi connectivity index (χ1v) is 5.90. The molecule has 6 heteroatoms. The van der Waals surface area contributed by atoms with Crippen LogP contribution in [0.2, 0.25) is 0 Å². The number of carbonyl (C=O) groups is 1. The number of benzene rings is 1. The number of rotatable bonds is 5. The summed E-state index contributed by atoms with van der Waals surface area (Å²) in [6, 6.07) is 8.10. The number of carboxylic acids is 1. The van der Waals surface area contributed by atoms with E-state index in [0.29, 0.717) is 18.4 Å². The van der Waals surface area contributed by atoms with Crippen molar-refractivity contribution < 1.29 is 14.4 Å². The first kappa shape index (κ1) is 13.1. The third-order valence-electron chi connectivity index (χ3n) is 2.71. The lowest BCUT2D eigenvalue weighted by Crippen LogP contribution is -2.21. The molecule has 0 spiro atoms. The van der Waals surface area contributed by atoms with Gasteiger partial charge in [0.05, 0.1) is 6.42 Å². The SMILES string of the molecule is Cc1ccc(-c2noc(N(C)CCC(=O)O)n2)cc1. The molecule has 1 heterocycles. The van der Waals surface area contributed by atoms with Gasteiger partial charge >= 0.3 is 12.0 Å². The van der Waals surface area contributed by atoms with Gasteiger partial charge in [-0.3, -0.25) is 4.79 Å². The maximum Gasteiger partial charge on any atom is 0.324 e. The number of hydrogen-bond acceptors (Lipinski definition) is 5. The number of carboxylic acid groups (broad SMARTS) is 1. The van der Waals surface area contributed by atoms with Gasteiger partial charge in [0, 0.05) is 19.2 Å². The molecule has 0 aliphatic rings. The van der Waals surface area contributed by atoms with Crippen LogP contribution in [0.1, 0.15) is 12.0 Å². The number of hydrogen-bond donors (Lipinski definition) is 1. The molecule has 19 heavy (non-hydrogen) atoms. The van der Waals surface area contributed by atoms with Gasteiger partial charge in [-0.1, -0.05) is 35.0 Å². The lowest BCUT2D eigenvalue weighted by molar-refractivity contribution is -0.136. The van der Waals surface area contributed by atoms with E-state index in [0.717, 1.165) is 11.1 Å². The van der Waals surface area contributed by atoms with Crippen molar-refractivity contribution in [3.8, 4) is 11.4 Å². The van der Waals surface area contributed by atoms with Crippen LogP contribution in [0.5, 0.6) is 0 Å². The van der Waals surface area contributed by atoms with E-state index in [-0.39, 0.29) is 6.42 Å². The minimum absolute atomic E-state index is 0.0265. The van der Waals surface area contributed by atoms with Gasteiger partial charge < -0.3 is 14.5 Å². The van der Waals surface area contributed by atoms with Crippen molar-refractivity contribution in [2.75, 3.05) is 18.5 Å². The molecule has 1 aromatic carbocycles. The molecule has 1 aromatic heterocycles. The van der Waals surface area contributed by atoms with Crippen LogP contribution in [0.3, 0.4) is 0 Å². The molecule has 0 aliphatic carbocycles. The average Bonchev–Trinajstić information content (AvgIpc) is 2.86. The summed E-state index contributed by atoms with van der Waals surface area (Å²) in [7, 11) is 1.72. The molecule has 6 nitrogen and oxygen atoms in total. The first-order valence-electron chi connectivity index (χ1n) is 5.90. The quantitative estimate of drug-likeness (QED) is 0.886. The summed E-state index contributed by atoms with van der Waals surface area (Å²) < 4.78 is 5.12. The standard InChI is InChI=1S/C13H15N3O3/c1-9-3-5-10(6-4-9)12-14-13(19-15-12)16(2)8-7-11(17)18/h3-6H,7-8H2,1-2H3,(H,17,18). The molecule has 0 unspecified atom stereocenters. The zero-order chi connectivity index (χ0) is 13.8. The zero-order valence-corrected chi connectivity index (χ0v) is 10.8. The molecule has 0 aliphatic heterocycles. The minimum Gasteiger partial charge on any atom is -0.481 e. The molecule has 2 rings (SSSR count). The molecule has 0 saturated carbocycles. The number of anilines is 1. The third kappa shape index (κ3) is 3.31. The van der Waals surface area contributed by atoms with E-state index >= 15 is 0 Å². The Hall–Kier alpha value is -2.37. The summed E-state index contributed by atoms with van der Waals surface area (Å²) >= 11 is 0. The van der Waals surface area contributed by atoms with Crippen molar-refractivity contribution in [3.63, 3.8) is 0 Å². The normalized spacial score (nSPS) is 10.4. The molecule has 0 amide bonds. The average molecular weight is 261 g/mol. The van der Waals surface area contributed by atoms with Gasteiger partial charge in [-0.05, 0) is 6.92 Å². The largest absolute Gasteiger partial charge is 0.481 e. The van der Waals surface area contributed by atoms with E-state index in [1.54, 1.807) is 11.9 Å². The van der Waals surface area contributed by atoms with Crippen LogP contribution in [0.25, 0.3) is 11.4 Å². The van der Waals surface area contributed by atoms with E-state index in [1.807, 2.05) is 31.2 Å². The second-order valence-electron chi connectivity index (χ2n) is 4.33. The number of nitrogens with zero attached hydrogens (tertiary/aromatic N) is 3. The van der Waals surface area contributed by atoms with Crippen LogP contribution in [-0.2, 0) is 4.79 Å². The Kier molecular flexibility index (Phi) is 3.79. The molecular formula is C13H15N3O3. The topological polar surface area (TPSA) is 79.5 Å². The van der Waals surface area contributed by atoms with Crippen molar-refractivity contribution in [2.45, 2.75) is 13.3 Å².